The highest BCUT2D eigenvalue weighted by Gasteiger charge is 2.32. The molecule has 6 heteroatoms. The van der Waals surface area contributed by atoms with Gasteiger partial charge in [0, 0.05) is 51.5 Å². The van der Waals surface area contributed by atoms with E-state index in [1.165, 1.54) is 19.3 Å². The Bertz CT molecular complexity index is 605. The van der Waals surface area contributed by atoms with Crippen molar-refractivity contribution in [3.8, 4) is 0 Å². The van der Waals surface area contributed by atoms with Crippen molar-refractivity contribution in [3.63, 3.8) is 0 Å². The van der Waals surface area contributed by atoms with Crippen molar-refractivity contribution in [1.82, 2.24) is 14.8 Å². The summed E-state index contributed by atoms with van der Waals surface area (Å²) in [6.45, 7) is 5.78. The van der Waals surface area contributed by atoms with Crippen LogP contribution in [0.15, 0.2) is 12.3 Å². The molecule has 130 valence electrons. The topological polar surface area (TPSA) is 39.7 Å². The van der Waals surface area contributed by atoms with Crippen molar-refractivity contribution in [2.75, 3.05) is 44.2 Å². The lowest BCUT2D eigenvalue weighted by Crippen LogP contribution is -2.47. The van der Waals surface area contributed by atoms with Gasteiger partial charge < -0.3 is 9.80 Å². The van der Waals surface area contributed by atoms with E-state index in [1.54, 1.807) is 12.3 Å². The van der Waals surface area contributed by atoms with Crippen LogP contribution < -0.4 is 4.90 Å². The van der Waals surface area contributed by atoms with Crippen LogP contribution >= 0.6 is 11.6 Å². The largest absolute Gasteiger partial charge is 0.353 e. The number of piperidine rings is 1. The minimum Gasteiger partial charge on any atom is -0.353 e. The van der Waals surface area contributed by atoms with E-state index in [0.29, 0.717) is 10.6 Å². The molecule has 3 heterocycles. The van der Waals surface area contributed by atoms with E-state index in [2.05, 4.69) is 14.8 Å². The molecular formula is C18H25ClN4O. The molecule has 5 nitrogen and oxygen atoms in total. The maximum atomic E-state index is 12.6. The second-order valence-corrected chi connectivity index (χ2v) is 7.54. The fraction of sp³-hybridized carbons (Fsp3) is 0.667. The molecule has 0 N–H and O–H groups in total. The summed E-state index contributed by atoms with van der Waals surface area (Å²) in [5.41, 5.74) is 0.613. The second-order valence-electron chi connectivity index (χ2n) is 7.14. The van der Waals surface area contributed by atoms with E-state index in [4.69, 9.17) is 11.6 Å². The van der Waals surface area contributed by atoms with E-state index in [9.17, 15) is 4.79 Å². The number of nitrogens with zero attached hydrogens (tertiary/aromatic N) is 4. The molecular weight excluding hydrogens is 324 g/mol. The van der Waals surface area contributed by atoms with Crippen molar-refractivity contribution in [3.05, 3.63) is 22.8 Å². The average Bonchev–Trinajstić information content (AvgIpc) is 3.47. The average molecular weight is 349 g/mol. The van der Waals surface area contributed by atoms with Gasteiger partial charge in [0.05, 0.1) is 10.6 Å². The minimum atomic E-state index is 0.0641. The molecule has 0 atom stereocenters. The number of pyridine rings is 1. The Morgan fingerprint density at radius 2 is 1.75 bits per heavy atom. The van der Waals surface area contributed by atoms with Gasteiger partial charge in [0.15, 0.2) is 0 Å². The number of anilines is 1. The zero-order valence-corrected chi connectivity index (χ0v) is 14.8. The molecule has 0 bridgehead atoms. The van der Waals surface area contributed by atoms with Crippen LogP contribution in [0, 0.1) is 0 Å². The summed E-state index contributed by atoms with van der Waals surface area (Å²) in [5.74, 6) is 0.886. The molecule has 2 saturated heterocycles. The molecule has 4 rings (SSSR count). The number of hydrogen-bond donors (Lipinski definition) is 0. The predicted molar refractivity (Wildman–Crippen MR) is 95.8 cm³/mol. The van der Waals surface area contributed by atoms with Crippen LogP contribution in [0.5, 0.6) is 0 Å². The number of hydrogen-bond acceptors (Lipinski definition) is 4. The predicted octanol–water partition coefficient (Wildman–Crippen LogP) is 2.65. The maximum Gasteiger partial charge on any atom is 0.255 e. The van der Waals surface area contributed by atoms with Crippen LogP contribution in [-0.2, 0) is 0 Å². The number of likely N-dealkylation sites (tertiary alicyclic amines) is 1. The van der Waals surface area contributed by atoms with Crippen LogP contribution in [0.2, 0.25) is 5.02 Å². The van der Waals surface area contributed by atoms with Gasteiger partial charge in [-0.2, -0.15) is 0 Å². The van der Waals surface area contributed by atoms with Gasteiger partial charge >= 0.3 is 0 Å². The van der Waals surface area contributed by atoms with Gasteiger partial charge in [-0.05, 0) is 38.2 Å². The summed E-state index contributed by atoms with van der Waals surface area (Å²) in [5, 5.41) is 0.595. The molecule has 3 aliphatic rings. The number of halogens is 1. The van der Waals surface area contributed by atoms with Gasteiger partial charge in [-0.25, -0.2) is 4.98 Å². The molecule has 0 unspecified atom stereocenters. The first-order valence-corrected chi connectivity index (χ1v) is 9.54. The Kier molecular flexibility index (Phi) is 4.63. The maximum absolute atomic E-state index is 12.6. The zero-order valence-electron chi connectivity index (χ0n) is 14.1. The molecule has 1 amide bonds. The molecule has 2 aliphatic heterocycles. The number of carbonyl (C=O) groups is 1. The third-order valence-corrected chi connectivity index (χ3v) is 5.67. The molecule has 1 saturated carbocycles. The molecule has 1 aliphatic carbocycles. The molecule has 3 fully saturated rings. The van der Waals surface area contributed by atoms with E-state index < -0.39 is 0 Å². The lowest BCUT2D eigenvalue weighted by Gasteiger charge is -2.36. The summed E-state index contributed by atoms with van der Waals surface area (Å²) in [4.78, 5) is 23.8. The monoisotopic (exact) mass is 348 g/mol. The number of amides is 1. The van der Waals surface area contributed by atoms with Crippen LogP contribution in [0.1, 0.15) is 42.5 Å². The third kappa shape index (κ3) is 3.38. The van der Waals surface area contributed by atoms with Gasteiger partial charge in [0.2, 0.25) is 0 Å². The van der Waals surface area contributed by atoms with Crippen molar-refractivity contribution in [1.29, 1.82) is 0 Å². The Balaban J connectivity index is 1.43. The number of carbonyl (C=O) groups excluding carboxylic acids is 1. The third-order valence-electron chi connectivity index (χ3n) is 5.39. The highest BCUT2D eigenvalue weighted by atomic mass is 35.5. The Labute approximate surface area is 148 Å². The number of piperazine rings is 1. The lowest BCUT2D eigenvalue weighted by atomic mass is 10.1. The van der Waals surface area contributed by atoms with Crippen molar-refractivity contribution < 1.29 is 4.79 Å². The first kappa shape index (κ1) is 16.2. The lowest BCUT2D eigenvalue weighted by molar-refractivity contribution is 0.0724. The Morgan fingerprint density at radius 3 is 2.38 bits per heavy atom. The molecule has 1 aromatic rings. The summed E-state index contributed by atoms with van der Waals surface area (Å²) >= 11 is 6.47. The van der Waals surface area contributed by atoms with Crippen LogP contribution in [0.4, 0.5) is 5.82 Å². The SMILES string of the molecule is O=C(c1cnc(N2CCN(C3CC3)CC2)c(Cl)c1)N1CCCCC1. The van der Waals surface area contributed by atoms with E-state index in [1.807, 2.05) is 4.90 Å². The highest BCUT2D eigenvalue weighted by molar-refractivity contribution is 6.33. The summed E-state index contributed by atoms with van der Waals surface area (Å²) in [6, 6.07) is 2.62. The summed E-state index contributed by atoms with van der Waals surface area (Å²) in [7, 11) is 0. The first-order chi connectivity index (χ1) is 11.7. The Hall–Kier alpha value is -1.33. The number of aromatic nitrogens is 1. The van der Waals surface area contributed by atoms with Gasteiger partial charge in [-0.1, -0.05) is 11.6 Å². The van der Waals surface area contributed by atoms with Crippen molar-refractivity contribution >= 4 is 23.3 Å². The quantitative estimate of drug-likeness (QED) is 0.842. The van der Waals surface area contributed by atoms with Crippen LogP contribution in [0.25, 0.3) is 0 Å². The highest BCUT2D eigenvalue weighted by Crippen LogP contribution is 2.30. The van der Waals surface area contributed by atoms with Crippen LogP contribution in [-0.4, -0.2) is 66.0 Å². The normalized spacial score (nSPS) is 22.7. The summed E-state index contributed by atoms with van der Waals surface area (Å²) in [6.07, 6.45) is 7.81. The van der Waals surface area contributed by atoms with E-state index in [0.717, 1.165) is 64.0 Å². The van der Waals surface area contributed by atoms with Crippen molar-refractivity contribution in [2.24, 2.45) is 0 Å². The van der Waals surface area contributed by atoms with E-state index >= 15 is 0 Å². The molecule has 0 aromatic carbocycles. The minimum absolute atomic E-state index is 0.0641. The van der Waals surface area contributed by atoms with Gasteiger partial charge in [-0.3, -0.25) is 9.69 Å². The molecule has 0 radical (unpaired) electrons. The van der Waals surface area contributed by atoms with Gasteiger partial charge in [0.25, 0.3) is 5.91 Å². The van der Waals surface area contributed by atoms with Gasteiger partial charge in [0.1, 0.15) is 5.82 Å². The fourth-order valence-corrected chi connectivity index (χ4v) is 4.08. The molecule has 1 aromatic heterocycles. The van der Waals surface area contributed by atoms with Crippen LogP contribution in [0.3, 0.4) is 0 Å². The zero-order chi connectivity index (χ0) is 16.5. The number of rotatable bonds is 3. The molecule has 24 heavy (non-hydrogen) atoms. The smallest absolute Gasteiger partial charge is 0.255 e. The standard InChI is InChI=1S/C18H25ClN4O/c19-16-12-14(18(24)23-6-2-1-3-7-23)13-20-17(16)22-10-8-21(9-11-22)15-4-5-15/h12-13,15H,1-11H2. The second kappa shape index (κ2) is 6.89. The first-order valence-electron chi connectivity index (χ1n) is 9.16. The fourth-order valence-electron chi connectivity index (χ4n) is 3.80. The van der Waals surface area contributed by atoms with Crippen molar-refractivity contribution in [2.45, 2.75) is 38.1 Å². The summed E-state index contributed by atoms with van der Waals surface area (Å²) < 4.78 is 0. The van der Waals surface area contributed by atoms with Gasteiger partial charge in [-0.15, -0.1) is 0 Å². The Morgan fingerprint density at radius 1 is 1.04 bits per heavy atom. The molecule has 0 spiro atoms. The van der Waals surface area contributed by atoms with E-state index in [-0.39, 0.29) is 5.91 Å².